The molecule has 1 aromatic heterocycles. The van der Waals surface area contributed by atoms with Crippen molar-refractivity contribution in [1.82, 2.24) is 0 Å². The molecule has 1 aromatic rings. The fraction of sp³-hybridized carbons (Fsp3) is 0.545. The summed E-state index contributed by atoms with van der Waals surface area (Å²) in [5.74, 6) is 1.78. The van der Waals surface area contributed by atoms with Crippen LogP contribution < -0.4 is 0 Å². The first-order valence-electron chi connectivity index (χ1n) is 5.28. The molecule has 2 heterocycles. The Morgan fingerprint density at radius 2 is 2.38 bits per heavy atom. The monoisotopic (exact) mass is 242 g/mol. The van der Waals surface area contributed by atoms with Gasteiger partial charge < -0.3 is 9.15 Å². The van der Waals surface area contributed by atoms with E-state index in [1.54, 1.807) is 12.1 Å². The van der Waals surface area contributed by atoms with E-state index in [4.69, 9.17) is 9.15 Å². The summed E-state index contributed by atoms with van der Waals surface area (Å²) < 4.78 is 22.3. The molecule has 0 saturated carbocycles. The van der Waals surface area contributed by atoms with Crippen molar-refractivity contribution in [2.24, 2.45) is 0 Å². The zero-order valence-electron chi connectivity index (χ0n) is 8.89. The van der Waals surface area contributed by atoms with Gasteiger partial charge in [0.1, 0.15) is 5.76 Å². The Morgan fingerprint density at radius 3 is 3.00 bits per heavy atom. The SMILES string of the molecule is O=Cc1ccc(CS(=O)CC2CCCO2)o1. The van der Waals surface area contributed by atoms with E-state index < -0.39 is 10.8 Å². The Hall–Kier alpha value is -0.940. The number of carbonyl (C=O) groups excluding carboxylic acids is 1. The summed E-state index contributed by atoms with van der Waals surface area (Å²) in [7, 11) is -0.984. The topological polar surface area (TPSA) is 56.5 Å². The summed E-state index contributed by atoms with van der Waals surface area (Å²) in [6.45, 7) is 0.776. The molecule has 1 saturated heterocycles. The molecule has 0 aliphatic carbocycles. The van der Waals surface area contributed by atoms with Gasteiger partial charge in [-0.1, -0.05) is 0 Å². The van der Waals surface area contributed by atoms with Gasteiger partial charge in [0.05, 0.1) is 17.6 Å². The van der Waals surface area contributed by atoms with Crippen LogP contribution in [0.5, 0.6) is 0 Å². The maximum absolute atomic E-state index is 11.7. The summed E-state index contributed by atoms with van der Waals surface area (Å²) in [5.41, 5.74) is 0. The van der Waals surface area contributed by atoms with E-state index in [2.05, 4.69) is 0 Å². The second-order valence-corrected chi connectivity index (χ2v) is 5.31. The maximum atomic E-state index is 11.7. The Morgan fingerprint density at radius 1 is 1.50 bits per heavy atom. The lowest BCUT2D eigenvalue weighted by atomic mass is 10.3. The van der Waals surface area contributed by atoms with E-state index in [1.165, 1.54) is 0 Å². The van der Waals surface area contributed by atoms with Crippen LogP contribution in [0.3, 0.4) is 0 Å². The van der Waals surface area contributed by atoms with Crippen LogP contribution in [0.1, 0.15) is 29.2 Å². The summed E-state index contributed by atoms with van der Waals surface area (Å²) in [6, 6.07) is 3.28. The van der Waals surface area contributed by atoms with Crippen molar-refractivity contribution in [2.45, 2.75) is 24.7 Å². The standard InChI is InChI=1S/C11H14O4S/c12-6-9-3-4-11(15-9)8-16(13)7-10-2-1-5-14-10/h3-4,6,10H,1-2,5,7-8H2. The van der Waals surface area contributed by atoms with Crippen LogP contribution in [-0.2, 0) is 21.3 Å². The van der Waals surface area contributed by atoms with Crippen LogP contribution in [0.2, 0.25) is 0 Å². The number of carbonyl (C=O) groups is 1. The lowest BCUT2D eigenvalue weighted by molar-refractivity contribution is 0.109. The average Bonchev–Trinajstić information content (AvgIpc) is 2.89. The van der Waals surface area contributed by atoms with Crippen molar-refractivity contribution >= 4 is 17.1 Å². The van der Waals surface area contributed by atoms with Crippen molar-refractivity contribution in [3.63, 3.8) is 0 Å². The van der Waals surface area contributed by atoms with E-state index in [9.17, 15) is 9.00 Å². The van der Waals surface area contributed by atoms with Gasteiger partial charge in [-0.3, -0.25) is 9.00 Å². The highest BCUT2D eigenvalue weighted by Gasteiger charge is 2.19. The zero-order chi connectivity index (χ0) is 11.4. The normalized spacial score (nSPS) is 22.1. The maximum Gasteiger partial charge on any atom is 0.185 e. The van der Waals surface area contributed by atoms with Crippen LogP contribution in [0.4, 0.5) is 0 Å². The molecule has 0 aromatic carbocycles. The summed E-state index contributed by atoms with van der Waals surface area (Å²) in [6.07, 6.45) is 2.81. The molecule has 0 bridgehead atoms. The van der Waals surface area contributed by atoms with Crippen LogP contribution in [0.25, 0.3) is 0 Å². The first-order chi connectivity index (χ1) is 7.78. The molecular weight excluding hydrogens is 228 g/mol. The molecular formula is C11H14O4S. The quantitative estimate of drug-likeness (QED) is 0.735. The van der Waals surface area contributed by atoms with Crippen molar-refractivity contribution in [1.29, 1.82) is 0 Å². The second-order valence-electron chi connectivity index (χ2n) is 3.81. The van der Waals surface area contributed by atoms with E-state index in [0.29, 0.717) is 23.6 Å². The van der Waals surface area contributed by atoms with Crippen LogP contribution >= 0.6 is 0 Å². The van der Waals surface area contributed by atoms with Crippen LogP contribution in [0, 0.1) is 0 Å². The van der Waals surface area contributed by atoms with Crippen molar-refractivity contribution in [3.8, 4) is 0 Å². The smallest absolute Gasteiger partial charge is 0.185 e. The largest absolute Gasteiger partial charge is 0.457 e. The molecule has 2 rings (SSSR count). The zero-order valence-corrected chi connectivity index (χ0v) is 9.70. The fourth-order valence-corrected chi connectivity index (χ4v) is 3.00. The molecule has 4 nitrogen and oxygen atoms in total. The molecule has 0 amide bonds. The number of furan rings is 1. The third-order valence-corrected chi connectivity index (χ3v) is 3.85. The number of aldehydes is 1. The van der Waals surface area contributed by atoms with E-state index >= 15 is 0 Å². The minimum absolute atomic E-state index is 0.126. The lowest BCUT2D eigenvalue weighted by Gasteiger charge is -2.07. The number of rotatable bonds is 5. The average molecular weight is 242 g/mol. The van der Waals surface area contributed by atoms with Crippen molar-refractivity contribution in [3.05, 3.63) is 23.7 Å². The minimum Gasteiger partial charge on any atom is -0.457 e. The lowest BCUT2D eigenvalue weighted by Crippen LogP contribution is -2.16. The van der Waals surface area contributed by atoms with Gasteiger partial charge in [-0.05, 0) is 25.0 Å². The van der Waals surface area contributed by atoms with E-state index in [1.807, 2.05) is 0 Å². The van der Waals surface area contributed by atoms with Gasteiger partial charge in [-0.15, -0.1) is 0 Å². The van der Waals surface area contributed by atoms with Gasteiger partial charge in [-0.2, -0.15) is 0 Å². The summed E-state index contributed by atoms with van der Waals surface area (Å²) in [5, 5.41) is 0. The molecule has 1 aliphatic heterocycles. The van der Waals surface area contributed by atoms with E-state index in [0.717, 1.165) is 19.4 Å². The first kappa shape index (κ1) is 11.5. The highest BCUT2D eigenvalue weighted by Crippen LogP contribution is 2.15. The van der Waals surface area contributed by atoms with Crippen LogP contribution in [0.15, 0.2) is 16.5 Å². The number of hydrogen-bond donors (Lipinski definition) is 0. The Kier molecular flexibility index (Phi) is 3.90. The second kappa shape index (κ2) is 5.41. The molecule has 88 valence electrons. The van der Waals surface area contributed by atoms with E-state index in [-0.39, 0.29) is 11.9 Å². The van der Waals surface area contributed by atoms with Crippen molar-refractivity contribution in [2.75, 3.05) is 12.4 Å². The molecule has 0 radical (unpaired) electrons. The predicted molar refractivity (Wildman–Crippen MR) is 59.8 cm³/mol. The van der Waals surface area contributed by atoms with Gasteiger partial charge in [-0.25, -0.2) is 0 Å². The third-order valence-electron chi connectivity index (χ3n) is 2.50. The number of hydrogen-bond acceptors (Lipinski definition) is 4. The van der Waals surface area contributed by atoms with Gasteiger partial charge in [0.15, 0.2) is 12.0 Å². The molecule has 5 heteroatoms. The Labute approximate surface area is 96.4 Å². The third kappa shape index (κ3) is 3.02. The highest BCUT2D eigenvalue weighted by atomic mass is 32.2. The van der Waals surface area contributed by atoms with Gasteiger partial charge in [0.2, 0.25) is 0 Å². The number of ether oxygens (including phenoxy) is 1. The summed E-state index contributed by atoms with van der Waals surface area (Å²) in [4.78, 5) is 10.4. The molecule has 1 aliphatic rings. The molecule has 2 atom stereocenters. The molecule has 0 N–H and O–H groups in total. The van der Waals surface area contributed by atoms with Gasteiger partial charge in [0.25, 0.3) is 0 Å². The Balaban J connectivity index is 1.84. The molecule has 0 spiro atoms. The molecule has 16 heavy (non-hydrogen) atoms. The summed E-state index contributed by atoms with van der Waals surface area (Å²) >= 11 is 0. The van der Waals surface area contributed by atoms with Gasteiger partial charge in [0, 0.05) is 17.4 Å². The highest BCUT2D eigenvalue weighted by molar-refractivity contribution is 7.84. The minimum atomic E-state index is -0.984. The first-order valence-corrected chi connectivity index (χ1v) is 6.77. The fourth-order valence-electron chi connectivity index (χ4n) is 1.74. The Bertz CT molecular complexity index is 379. The molecule has 2 unspecified atom stereocenters. The van der Waals surface area contributed by atoms with Crippen molar-refractivity contribution < 1.29 is 18.2 Å². The van der Waals surface area contributed by atoms with Gasteiger partial charge >= 0.3 is 0 Å². The van der Waals surface area contributed by atoms with Crippen LogP contribution in [-0.4, -0.2) is 29.0 Å². The predicted octanol–water partition coefficient (Wildman–Crippen LogP) is 1.52. The molecule has 1 fully saturated rings.